The predicted octanol–water partition coefficient (Wildman–Crippen LogP) is 4.47. The minimum atomic E-state index is -0.245. The molecule has 6 heteroatoms. The van der Waals surface area contributed by atoms with Crippen molar-refractivity contribution in [3.05, 3.63) is 66.9 Å². The van der Waals surface area contributed by atoms with Crippen molar-refractivity contribution in [1.29, 1.82) is 0 Å². The summed E-state index contributed by atoms with van der Waals surface area (Å²) in [6, 6.07) is 11.0. The lowest BCUT2D eigenvalue weighted by atomic mass is 10.1. The van der Waals surface area contributed by atoms with Gasteiger partial charge in [-0.1, -0.05) is 12.1 Å². The van der Waals surface area contributed by atoms with Crippen molar-refractivity contribution in [2.75, 3.05) is 11.9 Å². The largest absolute Gasteiger partial charge is 0.492 e. The summed E-state index contributed by atoms with van der Waals surface area (Å²) in [5.74, 6) is 0.393. The number of carbonyl (C=O) groups is 1. The van der Waals surface area contributed by atoms with Crippen molar-refractivity contribution in [3.8, 4) is 16.9 Å². The third kappa shape index (κ3) is 2.93. The van der Waals surface area contributed by atoms with Crippen molar-refractivity contribution in [3.63, 3.8) is 0 Å². The number of rotatable bonds is 5. The van der Waals surface area contributed by atoms with Crippen LogP contribution in [0.4, 0.5) is 5.69 Å². The molecule has 2 N–H and O–H groups in total. The fourth-order valence-corrected chi connectivity index (χ4v) is 2.83. The van der Waals surface area contributed by atoms with E-state index in [2.05, 4.69) is 15.3 Å². The van der Waals surface area contributed by atoms with Gasteiger partial charge in [0.25, 0.3) is 5.91 Å². The van der Waals surface area contributed by atoms with E-state index in [0.29, 0.717) is 29.3 Å². The number of para-hydroxylation sites is 2. The van der Waals surface area contributed by atoms with Crippen LogP contribution in [0.1, 0.15) is 17.3 Å². The second-order valence-electron chi connectivity index (χ2n) is 5.72. The first-order valence-electron chi connectivity index (χ1n) is 8.29. The standard InChI is InChI=1S/C20H17N3O3/c1-2-26-18-6-4-3-5-17(18)23-20(24)14-9-15-16(13-7-8-25-12-13)11-22-19(15)21-10-14/h3-12H,2H2,1H3,(H,21,22)(H,23,24). The number of hydrogen-bond acceptors (Lipinski definition) is 4. The molecule has 3 heterocycles. The number of nitrogens with one attached hydrogen (secondary N) is 2. The van der Waals surface area contributed by atoms with E-state index in [1.165, 1.54) is 0 Å². The summed E-state index contributed by atoms with van der Waals surface area (Å²) in [7, 11) is 0. The first-order chi connectivity index (χ1) is 12.8. The van der Waals surface area contributed by atoms with Crippen molar-refractivity contribution in [2.24, 2.45) is 0 Å². The average Bonchev–Trinajstić information content (AvgIpc) is 3.32. The van der Waals surface area contributed by atoms with Gasteiger partial charge < -0.3 is 19.5 Å². The highest BCUT2D eigenvalue weighted by atomic mass is 16.5. The van der Waals surface area contributed by atoms with Gasteiger partial charge in [0.2, 0.25) is 0 Å². The number of furan rings is 1. The van der Waals surface area contributed by atoms with E-state index in [1.54, 1.807) is 18.7 Å². The molecule has 0 atom stereocenters. The third-order valence-electron chi connectivity index (χ3n) is 4.06. The first kappa shape index (κ1) is 16.0. The van der Waals surface area contributed by atoms with Crippen LogP contribution in [0.25, 0.3) is 22.2 Å². The van der Waals surface area contributed by atoms with Crippen molar-refractivity contribution in [1.82, 2.24) is 9.97 Å². The van der Waals surface area contributed by atoms with Gasteiger partial charge in [0.05, 0.1) is 30.4 Å². The Kier molecular flexibility index (Phi) is 4.15. The fourth-order valence-electron chi connectivity index (χ4n) is 2.83. The molecule has 4 rings (SSSR count). The normalized spacial score (nSPS) is 10.8. The molecule has 0 spiro atoms. The maximum absolute atomic E-state index is 12.7. The predicted molar refractivity (Wildman–Crippen MR) is 99.4 cm³/mol. The van der Waals surface area contributed by atoms with E-state index >= 15 is 0 Å². The lowest BCUT2D eigenvalue weighted by Gasteiger charge is -2.11. The number of H-pyrrole nitrogens is 1. The van der Waals surface area contributed by atoms with Crippen LogP contribution in [-0.4, -0.2) is 22.5 Å². The van der Waals surface area contributed by atoms with E-state index in [1.807, 2.05) is 49.5 Å². The van der Waals surface area contributed by atoms with E-state index in [9.17, 15) is 4.79 Å². The second kappa shape index (κ2) is 6.76. The van der Waals surface area contributed by atoms with Gasteiger partial charge in [-0.3, -0.25) is 4.79 Å². The number of carbonyl (C=O) groups excluding carboxylic acids is 1. The molecule has 26 heavy (non-hydrogen) atoms. The third-order valence-corrected chi connectivity index (χ3v) is 4.06. The Bertz CT molecular complexity index is 1050. The molecule has 0 aliphatic carbocycles. The molecule has 0 unspecified atom stereocenters. The van der Waals surface area contributed by atoms with E-state index in [4.69, 9.17) is 9.15 Å². The summed E-state index contributed by atoms with van der Waals surface area (Å²) in [6.07, 6.45) is 6.68. The van der Waals surface area contributed by atoms with Crippen LogP contribution in [0.3, 0.4) is 0 Å². The van der Waals surface area contributed by atoms with Crippen LogP contribution in [-0.2, 0) is 0 Å². The molecule has 0 bridgehead atoms. The molecule has 0 saturated heterocycles. The van der Waals surface area contributed by atoms with Crippen LogP contribution in [0.15, 0.2) is 65.7 Å². The lowest BCUT2D eigenvalue weighted by Crippen LogP contribution is -2.13. The quantitative estimate of drug-likeness (QED) is 0.558. The Labute approximate surface area is 149 Å². The monoisotopic (exact) mass is 347 g/mol. The number of fused-ring (bicyclic) bond motifs is 1. The Hall–Kier alpha value is -3.54. The number of ether oxygens (including phenoxy) is 1. The van der Waals surface area contributed by atoms with Gasteiger partial charge in [-0.15, -0.1) is 0 Å². The molecule has 0 radical (unpaired) electrons. The molecule has 0 saturated carbocycles. The molecular formula is C20H17N3O3. The highest BCUT2D eigenvalue weighted by Gasteiger charge is 2.14. The molecule has 0 aliphatic heterocycles. The van der Waals surface area contributed by atoms with Gasteiger partial charge in [0.15, 0.2) is 0 Å². The fraction of sp³-hybridized carbons (Fsp3) is 0.100. The van der Waals surface area contributed by atoms with Gasteiger partial charge in [-0.2, -0.15) is 0 Å². The maximum atomic E-state index is 12.7. The number of hydrogen-bond donors (Lipinski definition) is 2. The van der Waals surface area contributed by atoms with Gasteiger partial charge in [-0.25, -0.2) is 4.98 Å². The summed E-state index contributed by atoms with van der Waals surface area (Å²) in [4.78, 5) is 20.2. The Morgan fingerprint density at radius 3 is 3.00 bits per heavy atom. The van der Waals surface area contributed by atoms with Crippen molar-refractivity contribution in [2.45, 2.75) is 6.92 Å². The Balaban J connectivity index is 1.66. The number of pyridine rings is 1. The van der Waals surface area contributed by atoms with E-state index in [0.717, 1.165) is 16.5 Å². The summed E-state index contributed by atoms with van der Waals surface area (Å²) in [5, 5.41) is 3.75. The van der Waals surface area contributed by atoms with Gasteiger partial charge in [0.1, 0.15) is 11.4 Å². The topological polar surface area (TPSA) is 80.1 Å². The van der Waals surface area contributed by atoms with Gasteiger partial charge in [0, 0.05) is 28.9 Å². The SMILES string of the molecule is CCOc1ccccc1NC(=O)c1cnc2[nH]cc(-c3ccoc3)c2c1. The van der Waals surface area contributed by atoms with Crippen LogP contribution >= 0.6 is 0 Å². The zero-order chi connectivity index (χ0) is 17.9. The molecule has 1 amide bonds. The summed E-state index contributed by atoms with van der Waals surface area (Å²) >= 11 is 0. The minimum absolute atomic E-state index is 0.245. The summed E-state index contributed by atoms with van der Waals surface area (Å²) < 4.78 is 10.7. The summed E-state index contributed by atoms with van der Waals surface area (Å²) in [5.41, 5.74) is 3.67. The lowest BCUT2D eigenvalue weighted by molar-refractivity contribution is 0.102. The molecule has 4 aromatic rings. The zero-order valence-corrected chi connectivity index (χ0v) is 14.2. The minimum Gasteiger partial charge on any atom is -0.492 e. The maximum Gasteiger partial charge on any atom is 0.257 e. The van der Waals surface area contributed by atoms with E-state index < -0.39 is 0 Å². The Morgan fingerprint density at radius 2 is 2.19 bits per heavy atom. The molecule has 1 aromatic carbocycles. The molecule has 0 fully saturated rings. The van der Waals surface area contributed by atoms with Crippen molar-refractivity contribution >= 4 is 22.6 Å². The van der Waals surface area contributed by atoms with Crippen LogP contribution in [0.5, 0.6) is 5.75 Å². The van der Waals surface area contributed by atoms with Crippen LogP contribution in [0.2, 0.25) is 0 Å². The number of benzene rings is 1. The highest BCUT2D eigenvalue weighted by Crippen LogP contribution is 2.29. The number of aromatic nitrogens is 2. The molecule has 3 aromatic heterocycles. The number of amides is 1. The Morgan fingerprint density at radius 1 is 1.31 bits per heavy atom. The van der Waals surface area contributed by atoms with Crippen LogP contribution < -0.4 is 10.1 Å². The number of aromatic amines is 1. The highest BCUT2D eigenvalue weighted by molar-refractivity contribution is 6.07. The van der Waals surface area contributed by atoms with Crippen LogP contribution in [0, 0.1) is 0 Å². The van der Waals surface area contributed by atoms with E-state index in [-0.39, 0.29) is 5.91 Å². The molecular weight excluding hydrogens is 330 g/mol. The summed E-state index contributed by atoms with van der Waals surface area (Å²) in [6.45, 7) is 2.43. The smallest absolute Gasteiger partial charge is 0.257 e. The number of anilines is 1. The molecule has 130 valence electrons. The zero-order valence-electron chi connectivity index (χ0n) is 14.2. The average molecular weight is 347 g/mol. The second-order valence-corrected chi connectivity index (χ2v) is 5.72. The molecule has 6 nitrogen and oxygen atoms in total. The molecule has 0 aliphatic rings. The number of nitrogens with zero attached hydrogens (tertiary/aromatic N) is 1. The first-order valence-corrected chi connectivity index (χ1v) is 8.29. The van der Waals surface area contributed by atoms with Gasteiger partial charge >= 0.3 is 0 Å². The van der Waals surface area contributed by atoms with Crippen molar-refractivity contribution < 1.29 is 13.9 Å². The van der Waals surface area contributed by atoms with Gasteiger partial charge in [-0.05, 0) is 31.2 Å².